The monoisotopic (exact) mass is 349 g/mol. The molecule has 0 saturated carbocycles. The van der Waals surface area contributed by atoms with E-state index < -0.39 is 0 Å². The Morgan fingerprint density at radius 1 is 0.588 bits per heavy atom. The Hall–Kier alpha value is 1.07. The number of aliphatic hydroxyl groups excluding tert-OH is 3. The van der Waals surface area contributed by atoms with Gasteiger partial charge in [0.2, 0.25) is 0 Å². The van der Waals surface area contributed by atoms with Crippen LogP contribution in [0.15, 0.2) is 0 Å². The molecule has 0 aliphatic carbocycles. The average Bonchev–Trinajstić information content (AvgIpc) is 2.23. The summed E-state index contributed by atoms with van der Waals surface area (Å²) in [5.41, 5.74) is 0. The van der Waals surface area contributed by atoms with Gasteiger partial charge in [0.15, 0.2) is 0 Å². The maximum absolute atomic E-state index is 8.07. The molecule has 3 nitrogen and oxygen atoms in total. The number of halogens is 1. The first-order valence-corrected chi connectivity index (χ1v) is 6.07. The number of hydrogen-bond donors (Lipinski definition) is 3. The SMILES string of the molecule is CCCCO.CCCCO.CCCCO.[Br-].[Ti]. The minimum Gasteiger partial charge on any atom is -1.00 e. The number of rotatable bonds is 6. The van der Waals surface area contributed by atoms with Crippen LogP contribution in [-0.4, -0.2) is 35.1 Å². The van der Waals surface area contributed by atoms with E-state index in [1.54, 1.807) is 0 Å². The van der Waals surface area contributed by atoms with Gasteiger partial charge >= 0.3 is 0 Å². The van der Waals surface area contributed by atoms with Gasteiger partial charge in [-0.05, 0) is 19.3 Å². The summed E-state index contributed by atoms with van der Waals surface area (Å²) in [6.07, 6.45) is 6.11. The van der Waals surface area contributed by atoms with Crippen LogP contribution in [0.3, 0.4) is 0 Å². The molecule has 0 unspecified atom stereocenters. The maximum atomic E-state index is 8.07. The van der Waals surface area contributed by atoms with Gasteiger partial charge in [0.25, 0.3) is 0 Å². The Balaban J connectivity index is -0.0000000400. The van der Waals surface area contributed by atoms with Crippen molar-refractivity contribution in [1.29, 1.82) is 0 Å². The van der Waals surface area contributed by atoms with Crippen LogP contribution in [-0.2, 0) is 21.7 Å². The van der Waals surface area contributed by atoms with Crippen LogP contribution < -0.4 is 17.0 Å². The molecule has 0 aromatic carbocycles. The second kappa shape index (κ2) is 43.5. The number of aliphatic hydroxyl groups is 3. The van der Waals surface area contributed by atoms with E-state index in [0.29, 0.717) is 19.8 Å². The summed E-state index contributed by atoms with van der Waals surface area (Å²) in [6.45, 7) is 7.19. The largest absolute Gasteiger partial charge is 1.00 e. The first-order valence-electron chi connectivity index (χ1n) is 6.07. The molecule has 0 rings (SSSR count). The summed E-state index contributed by atoms with van der Waals surface area (Å²) in [7, 11) is 0. The number of unbranched alkanes of at least 4 members (excludes halogenated alkanes) is 3. The van der Waals surface area contributed by atoms with Gasteiger partial charge in [-0.1, -0.05) is 40.0 Å². The molecule has 0 aromatic heterocycles. The van der Waals surface area contributed by atoms with Gasteiger partial charge in [-0.15, -0.1) is 0 Å². The first-order chi connectivity index (χ1) is 7.24. The van der Waals surface area contributed by atoms with Crippen LogP contribution in [0.25, 0.3) is 0 Å². The van der Waals surface area contributed by atoms with E-state index in [9.17, 15) is 0 Å². The van der Waals surface area contributed by atoms with Crippen molar-refractivity contribution >= 4 is 0 Å². The van der Waals surface area contributed by atoms with E-state index in [2.05, 4.69) is 20.8 Å². The third-order valence-corrected chi connectivity index (χ3v) is 1.54. The third kappa shape index (κ3) is 77.5. The molecule has 0 spiro atoms. The van der Waals surface area contributed by atoms with Gasteiger partial charge < -0.3 is 32.3 Å². The second-order valence-corrected chi connectivity index (χ2v) is 3.23. The second-order valence-electron chi connectivity index (χ2n) is 3.23. The van der Waals surface area contributed by atoms with Crippen molar-refractivity contribution < 1.29 is 54.0 Å². The Kier molecular flexibility index (Phi) is 78.8. The summed E-state index contributed by atoms with van der Waals surface area (Å²) in [4.78, 5) is 0. The van der Waals surface area contributed by atoms with Crippen LogP contribution in [0.5, 0.6) is 0 Å². The zero-order chi connectivity index (χ0) is 12.4. The minimum atomic E-state index is 0. The van der Waals surface area contributed by atoms with E-state index in [1.807, 2.05) is 0 Å². The summed E-state index contributed by atoms with van der Waals surface area (Å²) in [5, 5.41) is 24.2. The molecular weight excluding hydrogens is 320 g/mol. The van der Waals surface area contributed by atoms with Crippen LogP contribution in [0.1, 0.15) is 59.3 Å². The first kappa shape index (κ1) is 30.8. The fraction of sp³-hybridized carbons (Fsp3) is 1.00. The van der Waals surface area contributed by atoms with Crippen LogP contribution in [0.4, 0.5) is 0 Å². The molecular formula is C12H30BrO3Ti-. The van der Waals surface area contributed by atoms with Crippen LogP contribution in [0, 0.1) is 0 Å². The average molecular weight is 350 g/mol. The van der Waals surface area contributed by atoms with Crippen molar-refractivity contribution in [3.8, 4) is 0 Å². The van der Waals surface area contributed by atoms with Gasteiger partial charge in [-0.2, -0.15) is 0 Å². The molecule has 0 aliphatic heterocycles. The Labute approximate surface area is 133 Å². The van der Waals surface area contributed by atoms with E-state index in [0.717, 1.165) is 38.5 Å². The van der Waals surface area contributed by atoms with Crippen LogP contribution >= 0.6 is 0 Å². The van der Waals surface area contributed by atoms with Gasteiger partial charge in [0.05, 0.1) is 0 Å². The van der Waals surface area contributed by atoms with Crippen LogP contribution in [0.2, 0.25) is 0 Å². The Bertz CT molecular complexity index is 58.5. The molecule has 5 heteroatoms. The predicted molar refractivity (Wildman–Crippen MR) is 66.0 cm³/mol. The predicted octanol–water partition coefficient (Wildman–Crippen LogP) is -0.662. The summed E-state index contributed by atoms with van der Waals surface area (Å²) in [5.74, 6) is 0. The van der Waals surface area contributed by atoms with E-state index in [-0.39, 0.29) is 38.7 Å². The van der Waals surface area contributed by atoms with E-state index in [1.165, 1.54) is 0 Å². The molecule has 0 fully saturated rings. The number of hydrogen-bond acceptors (Lipinski definition) is 3. The van der Waals surface area contributed by atoms with Crippen molar-refractivity contribution in [1.82, 2.24) is 0 Å². The van der Waals surface area contributed by atoms with Gasteiger partial charge in [-0.25, -0.2) is 0 Å². The normalized spacial score (nSPS) is 7.41. The zero-order valence-corrected chi connectivity index (χ0v) is 14.7. The smallest absolute Gasteiger partial charge is 0.0430 e. The van der Waals surface area contributed by atoms with Gasteiger partial charge in [0, 0.05) is 41.5 Å². The Morgan fingerprint density at radius 2 is 0.765 bits per heavy atom. The summed E-state index contributed by atoms with van der Waals surface area (Å²) >= 11 is 0. The van der Waals surface area contributed by atoms with Crippen molar-refractivity contribution in [2.45, 2.75) is 59.3 Å². The molecule has 0 bridgehead atoms. The van der Waals surface area contributed by atoms with E-state index in [4.69, 9.17) is 15.3 Å². The van der Waals surface area contributed by atoms with Crippen molar-refractivity contribution in [2.24, 2.45) is 0 Å². The summed E-state index contributed by atoms with van der Waals surface area (Å²) in [6, 6.07) is 0. The molecule has 0 saturated heterocycles. The molecule has 17 heavy (non-hydrogen) atoms. The topological polar surface area (TPSA) is 60.7 Å². The fourth-order valence-corrected chi connectivity index (χ4v) is 0.474. The Morgan fingerprint density at radius 3 is 0.765 bits per heavy atom. The van der Waals surface area contributed by atoms with Gasteiger partial charge in [-0.3, -0.25) is 0 Å². The molecule has 3 N–H and O–H groups in total. The zero-order valence-electron chi connectivity index (χ0n) is 11.6. The standard InChI is InChI=1S/3C4H10O.BrH.Ti/c3*1-2-3-4-5;;/h3*5H,2-4H2,1H3;1H;/p-1. The molecule has 0 radical (unpaired) electrons. The van der Waals surface area contributed by atoms with Crippen molar-refractivity contribution in [3.05, 3.63) is 0 Å². The van der Waals surface area contributed by atoms with E-state index >= 15 is 0 Å². The molecule has 0 aromatic rings. The molecule has 0 aliphatic rings. The fourth-order valence-electron chi connectivity index (χ4n) is 0.474. The molecule has 0 heterocycles. The molecule has 0 atom stereocenters. The van der Waals surface area contributed by atoms with Gasteiger partial charge in [0.1, 0.15) is 0 Å². The molecule has 0 amide bonds. The van der Waals surface area contributed by atoms with Crippen molar-refractivity contribution in [2.75, 3.05) is 19.8 Å². The summed E-state index contributed by atoms with van der Waals surface area (Å²) < 4.78 is 0. The third-order valence-electron chi connectivity index (χ3n) is 1.54. The molecule has 108 valence electrons. The minimum absolute atomic E-state index is 0. The van der Waals surface area contributed by atoms with Crippen molar-refractivity contribution in [3.63, 3.8) is 0 Å². The maximum Gasteiger partial charge on any atom is 0.0430 e. The quantitative estimate of drug-likeness (QED) is 0.558.